The predicted octanol–water partition coefficient (Wildman–Crippen LogP) is -0.779. The van der Waals surface area contributed by atoms with Crippen LogP contribution in [0.5, 0.6) is 0 Å². The van der Waals surface area contributed by atoms with Gasteiger partial charge in [-0.15, -0.1) is 0 Å². The summed E-state index contributed by atoms with van der Waals surface area (Å²) < 4.78 is 0. The molecular weight excluding hydrogens is 198 g/mol. The summed E-state index contributed by atoms with van der Waals surface area (Å²) in [5, 5.41) is 2.86. The maximum absolute atomic E-state index is 11.4. The molecule has 0 saturated heterocycles. The molecule has 0 aliphatic heterocycles. The van der Waals surface area contributed by atoms with E-state index in [2.05, 4.69) is 12.2 Å². The minimum Gasteiger partial charge on any atom is -1.00 e. The van der Waals surface area contributed by atoms with Gasteiger partial charge in [-0.2, -0.15) is 0 Å². The lowest BCUT2D eigenvalue weighted by Crippen LogP contribution is -3.00. The summed E-state index contributed by atoms with van der Waals surface area (Å²) >= 11 is 0. The van der Waals surface area contributed by atoms with E-state index in [4.69, 9.17) is 0 Å². The molecule has 0 aliphatic carbocycles. The maximum Gasteiger partial charge on any atom is 0.251 e. The van der Waals surface area contributed by atoms with Crippen LogP contribution in [0, 0.1) is 0 Å². The van der Waals surface area contributed by atoms with Gasteiger partial charge in [0, 0.05) is 12.1 Å². The second-order valence-electron chi connectivity index (χ2n) is 2.98. The SMILES string of the molecule is CCCCNC(=O)c1ccccc1.[Cl-]. The van der Waals surface area contributed by atoms with Crippen molar-refractivity contribution in [1.82, 2.24) is 5.32 Å². The predicted molar refractivity (Wildman–Crippen MR) is 53.7 cm³/mol. The zero-order chi connectivity index (χ0) is 9.52. The molecule has 1 N–H and O–H groups in total. The number of hydrogen-bond donors (Lipinski definition) is 1. The standard InChI is InChI=1S/C11H15NO.ClH/c1-2-3-9-12-11(13)10-7-5-4-6-8-10;/h4-8H,2-3,9H2,1H3,(H,12,13);1H/p-1. The molecule has 0 saturated carbocycles. The first-order valence-corrected chi connectivity index (χ1v) is 4.68. The van der Waals surface area contributed by atoms with Gasteiger partial charge in [-0.1, -0.05) is 31.5 Å². The van der Waals surface area contributed by atoms with Crippen molar-refractivity contribution >= 4 is 5.91 Å². The highest BCUT2D eigenvalue weighted by molar-refractivity contribution is 5.94. The number of amides is 1. The summed E-state index contributed by atoms with van der Waals surface area (Å²) in [6.07, 6.45) is 2.15. The van der Waals surface area contributed by atoms with E-state index < -0.39 is 0 Å². The monoisotopic (exact) mass is 212 g/mol. The number of nitrogens with one attached hydrogen (secondary N) is 1. The first-order chi connectivity index (χ1) is 6.34. The van der Waals surface area contributed by atoms with E-state index in [0.29, 0.717) is 0 Å². The van der Waals surface area contributed by atoms with Gasteiger partial charge in [0.1, 0.15) is 0 Å². The Morgan fingerprint density at radius 3 is 2.50 bits per heavy atom. The molecular formula is C11H15ClNO-. The third-order valence-corrected chi connectivity index (χ3v) is 1.85. The summed E-state index contributed by atoms with van der Waals surface area (Å²) in [6, 6.07) is 9.29. The highest BCUT2D eigenvalue weighted by Gasteiger charge is 2.01. The van der Waals surface area contributed by atoms with Crippen molar-refractivity contribution in [2.24, 2.45) is 0 Å². The van der Waals surface area contributed by atoms with Crippen LogP contribution in [0.1, 0.15) is 30.1 Å². The molecule has 0 bridgehead atoms. The van der Waals surface area contributed by atoms with Crippen molar-refractivity contribution in [2.75, 3.05) is 6.54 Å². The quantitative estimate of drug-likeness (QED) is 0.652. The van der Waals surface area contributed by atoms with Crippen molar-refractivity contribution < 1.29 is 17.2 Å². The number of benzene rings is 1. The summed E-state index contributed by atoms with van der Waals surface area (Å²) in [6.45, 7) is 2.87. The Morgan fingerprint density at radius 2 is 1.93 bits per heavy atom. The lowest BCUT2D eigenvalue weighted by molar-refractivity contribution is -0.0000112. The van der Waals surface area contributed by atoms with Crippen molar-refractivity contribution in [3.05, 3.63) is 35.9 Å². The van der Waals surface area contributed by atoms with E-state index in [1.165, 1.54) is 0 Å². The Balaban J connectivity index is 0.00000169. The third kappa shape index (κ3) is 4.28. The van der Waals surface area contributed by atoms with Gasteiger partial charge >= 0.3 is 0 Å². The molecule has 3 heteroatoms. The van der Waals surface area contributed by atoms with Crippen LogP contribution in [-0.4, -0.2) is 12.5 Å². The average Bonchev–Trinajstić information content (AvgIpc) is 2.19. The summed E-state index contributed by atoms with van der Waals surface area (Å²) in [5.74, 6) is 0.0223. The topological polar surface area (TPSA) is 29.1 Å². The molecule has 1 aromatic rings. The molecule has 0 unspecified atom stereocenters. The fourth-order valence-corrected chi connectivity index (χ4v) is 1.07. The molecule has 0 heterocycles. The summed E-state index contributed by atoms with van der Waals surface area (Å²) in [7, 11) is 0. The fraction of sp³-hybridized carbons (Fsp3) is 0.364. The molecule has 0 fully saturated rings. The van der Waals surface area contributed by atoms with Crippen LogP contribution in [0.2, 0.25) is 0 Å². The van der Waals surface area contributed by atoms with Gasteiger partial charge in [0.25, 0.3) is 5.91 Å². The first-order valence-electron chi connectivity index (χ1n) is 4.68. The Kier molecular flexibility index (Phi) is 6.85. The van der Waals surface area contributed by atoms with E-state index in [1.807, 2.05) is 30.3 Å². The molecule has 0 aromatic heterocycles. The minimum absolute atomic E-state index is 0. The smallest absolute Gasteiger partial charge is 0.251 e. The van der Waals surface area contributed by atoms with Gasteiger partial charge in [-0.05, 0) is 18.6 Å². The van der Waals surface area contributed by atoms with E-state index in [9.17, 15) is 4.79 Å². The van der Waals surface area contributed by atoms with Crippen molar-refractivity contribution in [2.45, 2.75) is 19.8 Å². The molecule has 1 aromatic carbocycles. The van der Waals surface area contributed by atoms with E-state index in [0.717, 1.165) is 24.9 Å². The molecule has 1 rings (SSSR count). The number of hydrogen-bond acceptors (Lipinski definition) is 1. The highest BCUT2D eigenvalue weighted by atomic mass is 35.5. The van der Waals surface area contributed by atoms with E-state index in [1.54, 1.807) is 0 Å². The molecule has 14 heavy (non-hydrogen) atoms. The molecule has 0 atom stereocenters. The minimum atomic E-state index is 0. The Hall–Kier alpha value is -1.02. The molecule has 0 aliphatic rings. The van der Waals surface area contributed by atoms with Crippen LogP contribution in [0.4, 0.5) is 0 Å². The molecule has 1 amide bonds. The molecule has 2 nitrogen and oxygen atoms in total. The van der Waals surface area contributed by atoms with Crippen LogP contribution in [0.15, 0.2) is 30.3 Å². The van der Waals surface area contributed by atoms with Crippen LogP contribution >= 0.6 is 0 Å². The van der Waals surface area contributed by atoms with Gasteiger partial charge in [0.05, 0.1) is 0 Å². The van der Waals surface area contributed by atoms with Gasteiger partial charge < -0.3 is 17.7 Å². The summed E-state index contributed by atoms with van der Waals surface area (Å²) in [4.78, 5) is 11.4. The second-order valence-corrected chi connectivity index (χ2v) is 2.98. The van der Waals surface area contributed by atoms with Crippen LogP contribution in [0.3, 0.4) is 0 Å². The zero-order valence-corrected chi connectivity index (χ0v) is 9.05. The lowest BCUT2D eigenvalue weighted by Gasteiger charge is -2.02. The van der Waals surface area contributed by atoms with Gasteiger partial charge in [0.2, 0.25) is 0 Å². The van der Waals surface area contributed by atoms with Crippen molar-refractivity contribution in [3.8, 4) is 0 Å². The van der Waals surface area contributed by atoms with E-state index in [-0.39, 0.29) is 18.3 Å². The molecule has 78 valence electrons. The van der Waals surface area contributed by atoms with Crippen molar-refractivity contribution in [1.29, 1.82) is 0 Å². The Labute approximate surface area is 91.1 Å². The third-order valence-electron chi connectivity index (χ3n) is 1.85. The Morgan fingerprint density at radius 1 is 1.29 bits per heavy atom. The number of carbonyl (C=O) groups is 1. The average molecular weight is 213 g/mol. The Bertz CT molecular complexity index is 261. The largest absolute Gasteiger partial charge is 1.00 e. The first kappa shape index (κ1) is 13.0. The fourth-order valence-electron chi connectivity index (χ4n) is 1.07. The summed E-state index contributed by atoms with van der Waals surface area (Å²) in [5.41, 5.74) is 0.735. The van der Waals surface area contributed by atoms with Crippen LogP contribution in [0.25, 0.3) is 0 Å². The van der Waals surface area contributed by atoms with Gasteiger partial charge in [0.15, 0.2) is 0 Å². The number of unbranched alkanes of at least 4 members (excludes halogenated alkanes) is 1. The maximum atomic E-state index is 11.4. The lowest BCUT2D eigenvalue weighted by atomic mass is 10.2. The van der Waals surface area contributed by atoms with E-state index >= 15 is 0 Å². The number of rotatable bonds is 4. The highest BCUT2D eigenvalue weighted by Crippen LogP contribution is 1.97. The van der Waals surface area contributed by atoms with Crippen LogP contribution in [-0.2, 0) is 0 Å². The normalized spacial score (nSPS) is 8.93. The molecule has 0 spiro atoms. The number of carbonyl (C=O) groups excluding carboxylic acids is 1. The second kappa shape index (κ2) is 7.39. The van der Waals surface area contributed by atoms with Crippen molar-refractivity contribution in [3.63, 3.8) is 0 Å². The van der Waals surface area contributed by atoms with Gasteiger partial charge in [-0.3, -0.25) is 4.79 Å². The van der Waals surface area contributed by atoms with Crippen LogP contribution < -0.4 is 17.7 Å². The zero-order valence-electron chi connectivity index (χ0n) is 8.29. The molecule has 0 radical (unpaired) electrons. The van der Waals surface area contributed by atoms with Gasteiger partial charge in [-0.25, -0.2) is 0 Å². The number of halogens is 1.